The summed E-state index contributed by atoms with van der Waals surface area (Å²) in [5, 5.41) is 2.97. The minimum absolute atomic E-state index is 0.214. The second kappa shape index (κ2) is 20.5. The number of carbonyl (C=O) groups excluding carboxylic acids is 1. The molecule has 0 atom stereocenters. The van der Waals surface area contributed by atoms with Crippen LogP contribution in [0.5, 0.6) is 0 Å². The molecular formula is C21H44N2O. The zero-order valence-corrected chi connectivity index (χ0v) is 16.4. The van der Waals surface area contributed by atoms with Gasteiger partial charge in [-0.25, -0.2) is 0 Å². The Morgan fingerprint density at radius 1 is 0.667 bits per heavy atom. The van der Waals surface area contributed by atoms with Gasteiger partial charge in [-0.3, -0.25) is 4.79 Å². The summed E-state index contributed by atoms with van der Waals surface area (Å²) in [5.74, 6) is 0.214. The average molecular weight is 341 g/mol. The lowest BCUT2D eigenvalue weighted by atomic mass is 10.0. The fourth-order valence-corrected chi connectivity index (χ4v) is 3.07. The first-order chi connectivity index (χ1) is 11.8. The Bertz CT molecular complexity index is 256. The zero-order chi connectivity index (χ0) is 17.7. The van der Waals surface area contributed by atoms with E-state index in [0.717, 1.165) is 32.4 Å². The van der Waals surface area contributed by atoms with Crippen LogP contribution >= 0.6 is 0 Å². The third-order valence-corrected chi connectivity index (χ3v) is 4.71. The van der Waals surface area contributed by atoms with Crippen LogP contribution in [0.25, 0.3) is 0 Å². The molecule has 0 aliphatic carbocycles. The highest BCUT2D eigenvalue weighted by molar-refractivity contribution is 5.75. The van der Waals surface area contributed by atoms with Gasteiger partial charge in [-0.1, -0.05) is 90.4 Å². The Morgan fingerprint density at radius 3 is 1.58 bits per heavy atom. The lowest BCUT2D eigenvalue weighted by Gasteiger charge is -2.05. The van der Waals surface area contributed by atoms with Crippen molar-refractivity contribution in [3.8, 4) is 0 Å². The molecule has 0 bridgehead atoms. The summed E-state index contributed by atoms with van der Waals surface area (Å²) in [6.07, 6.45) is 21.7. The summed E-state index contributed by atoms with van der Waals surface area (Å²) >= 11 is 0. The van der Waals surface area contributed by atoms with Gasteiger partial charge in [-0.15, -0.1) is 0 Å². The van der Waals surface area contributed by atoms with Crippen molar-refractivity contribution in [3.63, 3.8) is 0 Å². The summed E-state index contributed by atoms with van der Waals surface area (Å²) in [6, 6.07) is 0. The van der Waals surface area contributed by atoms with Crippen LogP contribution in [0.2, 0.25) is 0 Å². The molecule has 0 unspecified atom stereocenters. The molecule has 3 heteroatoms. The number of hydrogen-bond donors (Lipinski definition) is 2. The largest absolute Gasteiger partial charge is 0.356 e. The van der Waals surface area contributed by atoms with E-state index < -0.39 is 0 Å². The Balaban J connectivity index is 3.08. The first-order valence-electron chi connectivity index (χ1n) is 10.8. The van der Waals surface area contributed by atoms with Crippen molar-refractivity contribution in [2.24, 2.45) is 5.73 Å². The van der Waals surface area contributed by atoms with Crippen LogP contribution in [-0.4, -0.2) is 19.0 Å². The van der Waals surface area contributed by atoms with E-state index in [-0.39, 0.29) is 5.91 Å². The van der Waals surface area contributed by atoms with Crippen LogP contribution in [-0.2, 0) is 4.79 Å². The molecule has 0 heterocycles. The van der Waals surface area contributed by atoms with Crippen molar-refractivity contribution in [1.82, 2.24) is 5.32 Å². The predicted molar refractivity (Wildman–Crippen MR) is 106 cm³/mol. The number of rotatable bonds is 19. The number of unbranched alkanes of at least 4 members (excludes halogenated alkanes) is 14. The number of amides is 1. The monoisotopic (exact) mass is 340 g/mol. The van der Waals surface area contributed by atoms with Gasteiger partial charge < -0.3 is 11.1 Å². The van der Waals surface area contributed by atoms with E-state index in [9.17, 15) is 4.79 Å². The van der Waals surface area contributed by atoms with E-state index in [1.54, 1.807) is 0 Å². The second-order valence-corrected chi connectivity index (χ2v) is 7.19. The molecule has 1 amide bonds. The summed E-state index contributed by atoms with van der Waals surface area (Å²) in [5.41, 5.74) is 5.43. The third-order valence-electron chi connectivity index (χ3n) is 4.71. The predicted octanol–water partition coefficient (Wildman–Crippen LogP) is 5.71. The number of hydrogen-bond acceptors (Lipinski definition) is 2. The van der Waals surface area contributed by atoms with Crippen LogP contribution < -0.4 is 11.1 Å². The fraction of sp³-hybridized carbons (Fsp3) is 0.952. The molecule has 144 valence electrons. The summed E-state index contributed by atoms with van der Waals surface area (Å²) in [6.45, 7) is 3.78. The Labute approximate surface area is 151 Å². The maximum Gasteiger partial charge on any atom is 0.219 e. The number of carbonyl (C=O) groups is 1. The van der Waals surface area contributed by atoms with Crippen molar-refractivity contribution in [1.29, 1.82) is 0 Å². The molecule has 0 spiro atoms. The molecule has 3 nitrogen and oxygen atoms in total. The summed E-state index contributed by atoms with van der Waals surface area (Å²) < 4.78 is 0. The maximum absolute atomic E-state index is 11.6. The Morgan fingerprint density at radius 2 is 1.12 bits per heavy atom. The maximum atomic E-state index is 11.6. The van der Waals surface area contributed by atoms with Gasteiger partial charge in [0.05, 0.1) is 0 Å². The SMILES string of the molecule is CCCCCCCCCCCCCCCCC(=O)NCCCCN. The average Bonchev–Trinajstić information content (AvgIpc) is 2.59. The topological polar surface area (TPSA) is 55.1 Å². The second-order valence-electron chi connectivity index (χ2n) is 7.19. The van der Waals surface area contributed by atoms with Crippen LogP contribution in [0.4, 0.5) is 0 Å². The van der Waals surface area contributed by atoms with Crippen LogP contribution in [0.3, 0.4) is 0 Å². The van der Waals surface area contributed by atoms with Gasteiger partial charge >= 0.3 is 0 Å². The Kier molecular flexibility index (Phi) is 20.0. The molecule has 0 fully saturated rings. The molecule has 0 aromatic rings. The van der Waals surface area contributed by atoms with Crippen LogP contribution in [0.1, 0.15) is 116 Å². The van der Waals surface area contributed by atoms with E-state index in [1.165, 1.54) is 83.5 Å². The van der Waals surface area contributed by atoms with E-state index >= 15 is 0 Å². The molecule has 0 saturated heterocycles. The standard InChI is InChI=1S/C21H44N2O/c1-2-3-4-5-6-7-8-9-10-11-12-13-14-15-18-21(24)23-20-17-16-19-22/h2-20,22H2,1H3,(H,23,24). The van der Waals surface area contributed by atoms with Gasteiger partial charge in [0.25, 0.3) is 0 Å². The minimum Gasteiger partial charge on any atom is -0.356 e. The molecule has 0 saturated carbocycles. The lowest BCUT2D eigenvalue weighted by molar-refractivity contribution is -0.121. The van der Waals surface area contributed by atoms with Gasteiger partial charge in [-0.2, -0.15) is 0 Å². The third kappa shape index (κ3) is 19.5. The highest BCUT2D eigenvalue weighted by Gasteiger charge is 2.00. The van der Waals surface area contributed by atoms with Crippen molar-refractivity contribution < 1.29 is 4.79 Å². The summed E-state index contributed by atoms with van der Waals surface area (Å²) in [7, 11) is 0. The first kappa shape index (κ1) is 23.4. The molecule has 0 aromatic heterocycles. The van der Waals surface area contributed by atoms with E-state index in [0.29, 0.717) is 6.42 Å². The van der Waals surface area contributed by atoms with Crippen molar-refractivity contribution in [2.75, 3.05) is 13.1 Å². The molecule has 0 aliphatic rings. The lowest BCUT2D eigenvalue weighted by Crippen LogP contribution is -2.24. The smallest absolute Gasteiger partial charge is 0.219 e. The van der Waals surface area contributed by atoms with Crippen LogP contribution in [0.15, 0.2) is 0 Å². The Hall–Kier alpha value is -0.570. The van der Waals surface area contributed by atoms with E-state index in [2.05, 4.69) is 12.2 Å². The molecule has 0 aliphatic heterocycles. The molecule has 0 aromatic carbocycles. The normalized spacial score (nSPS) is 10.9. The van der Waals surface area contributed by atoms with Gasteiger partial charge in [0.2, 0.25) is 5.91 Å². The molecule has 0 radical (unpaired) electrons. The number of nitrogens with one attached hydrogen (secondary N) is 1. The van der Waals surface area contributed by atoms with Crippen molar-refractivity contribution in [2.45, 2.75) is 116 Å². The highest BCUT2D eigenvalue weighted by Crippen LogP contribution is 2.13. The van der Waals surface area contributed by atoms with Crippen LogP contribution in [0, 0.1) is 0 Å². The summed E-state index contributed by atoms with van der Waals surface area (Å²) in [4.78, 5) is 11.6. The van der Waals surface area contributed by atoms with Gasteiger partial charge in [0.15, 0.2) is 0 Å². The molecule has 24 heavy (non-hydrogen) atoms. The van der Waals surface area contributed by atoms with E-state index in [4.69, 9.17) is 5.73 Å². The molecule has 3 N–H and O–H groups in total. The molecule has 0 rings (SSSR count). The van der Waals surface area contributed by atoms with Gasteiger partial charge in [-0.05, 0) is 25.8 Å². The zero-order valence-electron chi connectivity index (χ0n) is 16.4. The van der Waals surface area contributed by atoms with Crippen molar-refractivity contribution in [3.05, 3.63) is 0 Å². The first-order valence-corrected chi connectivity index (χ1v) is 10.8. The van der Waals surface area contributed by atoms with Gasteiger partial charge in [0, 0.05) is 13.0 Å². The number of nitrogens with two attached hydrogens (primary N) is 1. The van der Waals surface area contributed by atoms with Gasteiger partial charge in [0.1, 0.15) is 0 Å². The minimum atomic E-state index is 0.214. The fourth-order valence-electron chi connectivity index (χ4n) is 3.07. The quantitative estimate of drug-likeness (QED) is 0.296. The molecular weight excluding hydrogens is 296 g/mol. The highest BCUT2D eigenvalue weighted by atomic mass is 16.1. The van der Waals surface area contributed by atoms with E-state index in [1.807, 2.05) is 0 Å². The van der Waals surface area contributed by atoms with Crippen molar-refractivity contribution >= 4 is 5.91 Å².